The van der Waals surface area contributed by atoms with Crippen LogP contribution in [0.3, 0.4) is 0 Å². The molecule has 0 spiro atoms. The summed E-state index contributed by atoms with van der Waals surface area (Å²) in [5.41, 5.74) is 1.40. The zero-order valence-corrected chi connectivity index (χ0v) is 14.0. The first-order chi connectivity index (χ1) is 9.78. The summed E-state index contributed by atoms with van der Waals surface area (Å²) >= 11 is 3.56. The van der Waals surface area contributed by atoms with Crippen LogP contribution in [0, 0.1) is 0 Å². The van der Waals surface area contributed by atoms with Crippen molar-refractivity contribution >= 4 is 15.9 Å². The fraction of sp³-hybridized carbons (Fsp3) is 0.647. The van der Waals surface area contributed by atoms with Gasteiger partial charge in [-0.2, -0.15) is 0 Å². The summed E-state index contributed by atoms with van der Waals surface area (Å²) in [7, 11) is 0. The molecule has 112 valence electrons. The number of nitrogens with one attached hydrogen (secondary N) is 1. The van der Waals surface area contributed by atoms with Crippen molar-refractivity contribution in [2.24, 2.45) is 0 Å². The first kappa shape index (κ1) is 16.0. The molecule has 0 bridgehead atoms. The van der Waals surface area contributed by atoms with Gasteiger partial charge in [0, 0.05) is 17.1 Å². The quantitative estimate of drug-likeness (QED) is 0.761. The van der Waals surface area contributed by atoms with Crippen LogP contribution in [0.5, 0.6) is 0 Å². The molecule has 0 aromatic heterocycles. The third-order valence-electron chi connectivity index (χ3n) is 3.92. The highest BCUT2D eigenvalue weighted by atomic mass is 79.9. The van der Waals surface area contributed by atoms with Gasteiger partial charge >= 0.3 is 0 Å². The van der Waals surface area contributed by atoms with Crippen LogP contribution in [0.25, 0.3) is 0 Å². The molecule has 2 nitrogen and oxygen atoms in total. The van der Waals surface area contributed by atoms with E-state index in [-0.39, 0.29) is 0 Å². The van der Waals surface area contributed by atoms with Crippen LogP contribution in [-0.2, 0) is 11.2 Å². The Hall–Kier alpha value is -0.380. The highest BCUT2D eigenvalue weighted by Crippen LogP contribution is 2.20. The molecule has 0 radical (unpaired) electrons. The van der Waals surface area contributed by atoms with E-state index >= 15 is 0 Å². The van der Waals surface area contributed by atoms with Gasteiger partial charge in [0.05, 0.1) is 6.10 Å². The number of halogens is 1. The van der Waals surface area contributed by atoms with E-state index in [1.165, 1.54) is 42.1 Å². The summed E-state index contributed by atoms with van der Waals surface area (Å²) in [6, 6.07) is 9.22. The van der Waals surface area contributed by atoms with E-state index in [9.17, 15) is 0 Å². The van der Waals surface area contributed by atoms with E-state index in [1.54, 1.807) is 0 Å². The number of benzene rings is 1. The van der Waals surface area contributed by atoms with E-state index in [2.05, 4.69) is 52.4 Å². The summed E-state index contributed by atoms with van der Waals surface area (Å²) < 4.78 is 6.91. The van der Waals surface area contributed by atoms with Crippen LogP contribution < -0.4 is 5.32 Å². The molecule has 2 rings (SSSR count). The molecule has 1 saturated heterocycles. The molecule has 1 heterocycles. The zero-order valence-electron chi connectivity index (χ0n) is 12.4. The summed E-state index contributed by atoms with van der Waals surface area (Å²) in [6.07, 6.45) is 7.68. The predicted molar refractivity (Wildman–Crippen MR) is 88.1 cm³/mol. The molecule has 1 N–H and O–H groups in total. The summed E-state index contributed by atoms with van der Waals surface area (Å²) in [5, 5.41) is 3.69. The molecule has 1 aliphatic rings. The molecule has 1 aromatic carbocycles. The maximum atomic E-state index is 5.74. The maximum Gasteiger partial charge on any atom is 0.0576 e. The van der Waals surface area contributed by atoms with Crippen LogP contribution >= 0.6 is 15.9 Å². The topological polar surface area (TPSA) is 21.3 Å². The lowest BCUT2D eigenvalue weighted by molar-refractivity contribution is 0.0995. The molecule has 1 aliphatic heterocycles. The number of hydrogen-bond acceptors (Lipinski definition) is 2. The molecular weight excluding hydrogens is 314 g/mol. The van der Waals surface area contributed by atoms with E-state index in [4.69, 9.17) is 4.74 Å². The molecule has 2 atom stereocenters. The minimum atomic E-state index is 0.503. The summed E-state index contributed by atoms with van der Waals surface area (Å²) in [6.45, 7) is 4.29. The average molecular weight is 340 g/mol. The second-order valence-electron chi connectivity index (χ2n) is 5.70. The average Bonchev–Trinajstić information content (AvgIpc) is 2.95. The lowest BCUT2D eigenvalue weighted by Gasteiger charge is -2.20. The van der Waals surface area contributed by atoms with Crippen LogP contribution in [0.1, 0.15) is 44.6 Å². The highest BCUT2D eigenvalue weighted by molar-refractivity contribution is 9.10. The molecule has 0 amide bonds. The van der Waals surface area contributed by atoms with Gasteiger partial charge in [-0.25, -0.2) is 0 Å². The normalized spacial score (nSPS) is 20.2. The van der Waals surface area contributed by atoms with Crippen LogP contribution in [0.4, 0.5) is 0 Å². The second-order valence-corrected chi connectivity index (χ2v) is 6.61. The molecule has 0 aliphatic carbocycles. The molecule has 1 fully saturated rings. The van der Waals surface area contributed by atoms with Gasteiger partial charge in [0.25, 0.3) is 0 Å². The van der Waals surface area contributed by atoms with Crippen molar-refractivity contribution in [2.45, 2.75) is 57.6 Å². The highest BCUT2D eigenvalue weighted by Gasteiger charge is 2.18. The van der Waals surface area contributed by atoms with Crippen molar-refractivity contribution in [3.05, 3.63) is 34.3 Å². The van der Waals surface area contributed by atoms with Gasteiger partial charge in [0.2, 0.25) is 0 Å². The SMILES string of the molecule is CCCNC(CCC1CCCO1)Cc1cccc(Br)c1. The first-order valence-corrected chi connectivity index (χ1v) is 8.66. The lowest BCUT2D eigenvalue weighted by Crippen LogP contribution is -2.32. The largest absolute Gasteiger partial charge is 0.378 e. The monoisotopic (exact) mass is 339 g/mol. The van der Waals surface area contributed by atoms with Gasteiger partial charge < -0.3 is 10.1 Å². The Bertz CT molecular complexity index is 390. The summed E-state index contributed by atoms with van der Waals surface area (Å²) in [4.78, 5) is 0. The summed E-state index contributed by atoms with van der Waals surface area (Å²) in [5.74, 6) is 0. The van der Waals surface area contributed by atoms with Crippen molar-refractivity contribution in [1.29, 1.82) is 0 Å². The van der Waals surface area contributed by atoms with Crippen LogP contribution in [0.2, 0.25) is 0 Å². The van der Waals surface area contributed by atoms with Crippen molar-refractivity contribution in [3.8, 4) is 0 Å². The Morgan fingerprint density at radius 1 is 1.45 bits per heavy atom. The van der Waals surface area contributed by atoms with Gasteiger partial charge in [-0.15, -0.1) is 0 Å². The van der Waals surface area contributed by atoms with Gasteiger partial charge in [-0.3, -0.25) is 0 Å². The van der Waals surface area contributed by atoms with E-state index < -0.39 is 0 Å². The van der Waals surface area contributed by atoms with Crippen molar-refractivity contribution in [2.75, 3.05) is 13.2 Å². The first-order valence-electron chi connectivity index (χ1n) is 7.87. The zero-order chi connectivity index (χ0) is 14.2. The van der Waals surface area contributed by atoms with Crippen LogP contribution in [-0.4, -0.2) is 25.3 Å². The fourth-order valence-electron chi connectivity index (χ4n) is 2.83. The minimum Gasteiger partial charge on any atom is -0.378 e. The smallest absolute Gasteiger partial charge is 0.0576 e. The molecule has 3 heteroatoms. The standard InChI is InChI=1S/C17H26BrNO/c1-2-10-19-16(8-9-17-7-4-11-20-17)13-14-5-3-6-15(18)12-14/h3,5-6,12,16-17,19H,2,4,7-11,13H2,1H3. The third-order valence-corrected chi connectivity index (χ3v) is 4.41. The number of ether oxygens (including phenoxy) is 1. The minimum absolute atomic E-state index is 0.503. The van der Waals surface area contributed by atoms with Gasteiger partial charge in [0.1, 0.15) is 0 Å². The Morgan fingerprint density at radius 2 is 2.35 bits per heavy atom. The Labute approximate surface area is 131 Å². The van der Waals surface area contributed by atoms with Gasteiger partial charge in [0.15, 0.2) is 0 Å². The molecule has 0 saturated carbocycles. The van der Waals surface area contributed by atoms with E-state index in [1.807, 2.05) is 0 Å². The molecule has 20 heavy (non-hydrogen) atoms. The van der Waals surface area contributed by atoms with Crippen molar-refractivity contribution in [3.63, 3.8) is 0 Å². The predicted octanol–water partition coefficient (Wildman–Crippen LogP) is 4.32. The lowest BCUT2D eigenvalue weighted by atomic mass is 9.99. The molecular formula is C17H26BrNO. The molecule has 2 unspecified atom stereocenters. The van der Waals surface area contributed by atoms with Crippen molar-refractivity contribution < 1.29 is 4.74 Å². The maximum absolute atomic E-state index is 5.74. The van der Waals surface area contributed by atoms with Gasteiger partial charge in [-0.1, -0.05) is 35.0 Å². The Kier molecular flexibility index (Phi) is 7.05. The third kappa shape index (κ3) is 5.55. The van der Waals surface area contributed by atoms with Crippen molar-refractivity contribution in [1.82, 2.24) is 5.32 Å². The molecule has 1 aromatic rings. The Morgan fingerprint density at radius 3 is 3.05 bits per heavy atom. The van der Waals surface area contributed by atoms with E-state index in [0.29, 0.717) is 12.1 Å². The van der Waals surface area contributed by atoms with Gasteiger partial charge in [-0.05, 0) is 62.8 Å². The number of rotatable bonds is 8. The number of hydrogen-bond donors (Lipinski definition) is 1. The second kappa shape index (κ2) is 8.81. The Balaban J connectivity index is 1.85. The fourth-order valence-corrected chi connectivity index (χ4v) is 3.28. The van der Waals surface area contributed by atoms with E-state index in [0.717, 1.165) is 19.6 Å². The van der Waals surface area contributed by atoms with Crippen LogP contribution in [0.15, 0.2) is 28.7 Å².